The molecule has 26 heavy (non-hydrogen) atoms. The maximum atomic E-state index is 12.4. The molecule has 1 aromatic heterocycles. The summed E-state index contributed by atoms with van der Waals surface area (Å²) in [5, 5.41) is 3.61. The molecule has 1 aromatic carbocycles. The van der Waals surface area contributed by atoms with Crippen LogP contribution in [-0.4, -0.2) is 16.8 Å². The molecule has 1 saturated carbocycles. The molecule has 2 aliphatic rings. The number of hydrogen-bond acceptors (Lipinski definition) is 3. The molecule has 1 aliphatic heterocycles. The lowest BCUT2D eigenvalue weighted by atomic mass is 9.52. The highest BCUT2D eigenvalue weighted by Crippen LogP contribution is 2.56. The summed E-state index contributed by atoms with van der Waals surface area (Å²) in [6.07, 6.45) is 3.69. The lowest BCUT2D eigenvalue weighted by Crippen LogP contribution is -2.61. The van der Waals surface area contributed by atoms with Crippen LogP contribution >= 0.6 is 0 Å². The summed E-state index contributed by atoms with van der Waals surface area (Å²) in [6.45, 7) is 5.96. The van der Waals surface area contributed by atoms with Crippen LogP contribution in [0.1, 0.15) is 45.6 Å². The average molecular weight is 346 g/mol. The number of rotatable bonds is 0. The first kappa shape index (κ1) is 16.8. The minimum absolute atomic E-state index is 0.167. The number of nitrogens with zero attached hydrogens (tertiary/aromatic N) is 1. The lowest BCUT2D eigenvalue weighted by Gasteiger charge is -2.52. The summed E-state index contributed by atoms with van der Waals surface area (Å²) < 4.78 is 0. The Bertz CT molecular complexity index is 972. The summed E-state index contributed by atoms with van der Waals surface area (Å²) in [7, 11) is 0. The molecule has 2 aromatic rings. The van der Waals surface area contributed by atoms with Crippen LogP contribution in [0.25, 0.3) is 10.9 Å². The molecule has 4 heteroatoms. The molecule has 1 N–H and O–H groups in total. The first-order valence-corrected chi connectivity index (χ1v) is 8.95. The van der Waals surface area contributed by atoms with E-state index in [0.717, 1.165) is 16.5 Å². The quantitative estimate of drug-likeness (QED) is 0.587. The van der Waals surface area contributed by atoms with Crippen molar-refractivity contribution in [3.05, 3.63) is 42.1 Å². The van der Waals surface area contributed by atoms with E-state index in [1.807, 2.05) is 44.2 Å². The summed E-state index contributed by atoms with van der Waals surface area (Å²) in [5.74, 6) is 6.29. The summed E-state index contributed by atoms with van der Waals surface area (Å²) in [4.78, 5) is 29.3. The van der Waals surface area contributed by atoms with E-state index in [4.69, 9.17) is 0 Å². The van der Waals surface area contributed by atoms with Crippen molar-refractivity contribution < 1.29 is 9.59 Å². The topological polar surface area (TPSA) is 59.1 Å². The molecule has 2 bridgehead atoms. The second kappa shape index (κ2) is 5.41. The fourth-order valence-electron chi connectivity index (χ4n) is 4.95. The number of imide groups is 1. The smallest absolute Gasteiger partial charge is 0.232 e. The Morgan fingerprint density at radius 2 is 1.65 bits per heavy atom. The SMILES string of the molecule is CC1(C#Cc2cnc3ccccc3c2)C[C@@]2(C)C[C@@](C)(C1)C(=O)NC2=O. The van der Waals surface area contributed by atoms with E-state index in [1.165, 1.54) is 0 Å². The highest BCUT2D eigenvalue weighted by molar-refractivity contribution is 6.03. The Labute approximate surface area is 153 Å². The molecule has 2 fully saturated rings. The predicted octanol–water partition coefficient (Wildman–Crippen LogP) is 3.45. The molecule has 1 aliphatic carbocycles. The van der Waals surface area contributed by atoms with Gasteiger partial charge in [-0.25, -0.2) is 0 Å². The van der Waals surface area contributed by atoms with Crippen LogP contribution in [0, 0.1) is 28.1 Å². The van der Waals surface area contributed by atoms with Gasteiger partial charge in [-0.3, -0.25) is 19.9 Å². The van der Waals surface area contributed by atoms with Crippen molar-refractivity contribution in [2.45, 2.75) is 40.0 Å². The Hall–Kier alpha value is -2.67. The number of nitrogens with one attached hydrogen (secondary N) is 1. The molecule has 0 radical (unpaired) electrons. The zero-order valence-electron chi connectivity index (χ0n) is 15.3. The monoisotopic (exact) mass is 346 g/mol. The standard InChI is InChI=1S/C22H22N2O2/c1-20(9-8-15-10-16-6-4-5-7-17(16)23-11-15)12-21(2)14-22(3,13-20)19(26)24-18(21)25/h4-7,10-11H,12-14H2,1-3H3,(H,24,25,26)/t20?,21-,22+. The van der Waals surface area contributed by atoms with Crippen LogP contribution in [-0.2, 0) is 9.59 Å². The molecule has 1 saturated heterocycles. The highest BCUT2D eigenvalue weighted by atomic mass is 16.2. The Morgan fingerprint density at radius 3 is 2.35 bits per heavy atom. The summed E-state index contributed by atoms with van der Waals surface area (Å²) in [6, 6.07) is 9.97. The third kappa shape index (κ3) is 2.68. The van der Waals surface area contributed by atoms with Crippen LogP contribution in [0.2, 0.25) is 0 Å². The van der Waals surface area contributed by atoms with Gasteiger partial charge < -0.3 is 0 Å². The molecule has 4 rings (SSSR count). The van der Waals surface area contributed by atoms with E-state index in [9.17, 15) is 9.59 Å². The van der Waals surface area contributed by atoms with E-state index >= 15 is 0 Å². The third-order valence-electron chi connectivity index (χ3n) is 5.76. The van der Waals surface area contributed by atoms with Gasteiger partial charge >= 0.3 is 0 Å². The number of hydrogen-bond donors (Lipinski definition) is 1. The van der Waals surface area contributed by atoms with Crippen LogP contribution in [0.4, 0.5) is 0 Å². The van der Waals surface area contributed by atoms with Gasteiger partial charge in [0.2, 0.25) is 11.8 Å². The molecule has 4 nitrogen and oxygen atoms in total. The lowest BCUT2D eigenvalue weighted by molar-refractivity contribution is -0.158. The van der Waals surface area contributed by atoms with Gasteiger partial charge in [0.15, 0.2) is 0 Å². The predicted molar refractivity (Wildman–Crippen MR) is 99.9 cm³/mol. The third-order valence-corrected chi connectivity index (χ3v) is 5.76. The van der Waals surface area contributed by atoms with E-state index in [-0.39, 0.29) is 17.2 Å². The van der Waals surface area contributed by atoms with Crippen molar-refractivity contribution in [3.63, 3.8) is 0 Å². The van der Waals surface area contributed by atoms with Crippen molar-refractivity contribution in [2.75, 3.05) is 0 Å². The zero-order chi connectivity index (χ0) is 18.6. The fourth-order valence-corrected chi connectivity index (χ4v) is 4.95. The van der Waals surface area contributed by atoms with Gasteiger partial charge in [-0.1, -0.05) is 43.9 Å². The van der Waals surface area contributed by atoms with Crippen molar-refractivity contribution in [1.29, 1.82) is 0 Å². The van der Waals surface area contributed by atoms with E-state index in [1.54, 1.807) is 6.20 Å². The molecule has 1 unspecified atom stereocenters. The number of fused-ring (bicyclic) bond motifs is 3. The Morgan fingerprint density at radius 1 is 1.00 bits per heavy atom. The number of amides is 2. The number of carbonyl (C=O) groups is 2. The number of piperidine rings is 1. The van der Waals surface area contributed by atoms with Crippen molar-refractivity contribution in [3.8, 4) is 11.8 Å². The molecule has 3 atom stereocenters. The molecular formula is C22H22N2O2. The average Bonchev–Trinajstić information content (AvgIpc) is 2.58. The molecule has 0 spiro atoms. The molecule has 2 heterocycles. The maximum absolute atomic E-state index is 12.4. The second-order valence-corrected chi connectivity index (χ2v) is 8.66. The van der Waals surface area contributed by atoms with Gasteiger partial charge in [0, 0.05) is 33.4 Å². The van der Waals surface area contributed by atoms with E-state index < -0.39 is 10.8 Å². The van der Waals surface area contributed by atoms with Gasteiger partial charge in [0.25, 0.3) is 0 Å². The Balaban J connectivity index is 1.70. The van der Waals surface area contributed by atoms with Gasteiger partial charge in [-0.15, -0.1) is 0 Å². The first-order valence-electron chi connectivity index (χ1n) is 8.95. The van der Waals surface area contributed by atoms with E-state index in [2.05, 4.69) is 29.1 Å². The van der Waals surface area contributed by atoms with Crippen LogP contribution in [0.5, 0.6) is 0 Å². The van der Waals surface area contributed by atoms with Crippen LogP contribution < -0.4 is 5.32 Å². The van der Waals surface area contributed by atoms with Crippen molar-refractivity contribution in [1.82, 2.24) is 10.3 Å². The zero-order valence-corrected chi connectivity index (χ0v) is 15.3. The van der Waals surface area contributed by atoms with Gasteiger partial charge in [-0.05, 0) is 38.3 Å². The van der Waals surface area contributed by atoms with Gasteiger partial charge in [0.1, 0.15) is 0 Å². The number of pyridine rings is 1. The second-order valence-electron chi connectivity index (χ2n) is 8.66. The summed E-state index contributed by atoms with van der Waals surface area (Å²) in [5.41, 5.74) is 0.309. The fraction of sp³-hybridized carbons (Fsp3) is 0.409. The largest absolute Gasteiger partial charge is 0.296 e. The molecular weight excluding hydrogens is 324 g/mol. The first-order chi connectivity index (χ1) is 12.2. The number of aromatic nitrogens is 1. The number of benzene rings is 1. The van der Waals surface area contributed by atoms with Crippen LogP contribution in [0.15, 0.2) is 36.5 Å². The number of para-hydroxylation sites is 1. The minimum Gasteiger partial charge on any atom is -0.296 e. The number of carbonyl (C=O) groups excluding carboxylic acids is 2. The van der Waals surface area contributed by atoms with Crippen molar-refractivity contribution in [2.24, 2.45) is 16.2 Å². The van der Waals surface area contributed by atoms with Gasteiger partial charge in [-0.2, -0.15) is 0 Å². The molecule has 2 amide bonds. The van der Waals surface area contributed by atoms with Crippen molar-refractivity contribution >= 4 is 22.7 Å². The minimum atomic E-state index is -0.550. The highest BCUT2D eigenvalue weighted by Gasteiger charge is 2.58. The maximum Gasteiger partial charge on any atom is 0.232 e. The normalized spacial score (nSPS) is 33.3. The van der Waals surface area contributed by atoms with E-state index in [0.29, 0.717) is 19.3 Å². The van der Waals surface area contributed by atoms with Crippen LogP contribution in [0.3, 0.4) is 0 Å². The van der Waals surface area contributed by atoms with Gasteiger partial charge in [0.05, 0.1) is 5.52 Å². The molecule has 132 valence electrons. The summed E-state index contributed by atoms with van der Waals surface area (Å²) >= 11 is 0. The Kier molecular flexibility index (Phi) is 3.49.